The van der Waals surface area contributed by atoms with Gasteiger partial charge in [0.2, 0.25) is 11.8 Å². The average molecular weight is 381 g/mol. The molecule has 3 heterocycles. The van der Waals surface area contributed by atoms with Gasteiger partial charge in [-0.2, -0.15) is 0 Å². The van der Waals surface area contributed by atoms with E-state index in [0.29, 0.717) is 13.1 Å². The highest BCUT2D eigenvalue weighted by Gasteiger charge is 2.32. The maximum atomic E-state index is 12.8. The lowest BCUT2D eigenvalue weighted by atomic mass is 9.94. The molecular weight excluding hydrogens is 354 g/mol. The molecule has 1 aromatic carbocycles. The number of rotatable bonds is 3. The van der Waals surface area contributed by atoms with Crippen LogP contribution < -0.4 is 4.74 Å². The number of ether oxygens (including phenoxy) is 1. The van der Waals surface area contributed by atoms with E-state index < -0.39 is 0 Å². The van der Waals surface area contributed by atoms with Crippen LogP contribution in [0.2, 0.25) is 0 Å². The number of aromatic nitrogens is 1. The van der Waals surface area contributed by atoms with Crippen LogP contribution in [0.15, 0.2) is 36.5 Å². The zero-order valence-electron chi connectivity index (χ0n) is 16.3. The summed E-state index contributed by atoms with van der Waals surface area (Å²) in [7, 11) is 0. The van der Waals surface area contributed by atoms with Crippen molar-refractivity contribution in [2.24, 2.45) is 5.92 Å². The second-order valence-electron chi connectivity index (χ2n) is 7.75. The predicted octanol–water partition coefficient (Wildman–Crippen LogP) is 2.86. The first-order valence-corrected chi connectivity index (χ1v) is 10.2. The molecule has 2 fully saturated rings. The van der Waals surface area contributed by atoms with Gasteiger partial charge in [-0.3, -0.25) is 14.6 Å². The summed E-state index contributed by atoms with van der Waals surface area (Å²) in [6, 6.07) is 9.96. The molecule has 1 aromatic heterocycles. The quantitative estimate of drug-likeness (QED) is 0.820. The molecule has 6 nitrogen and oxygen atoms in total. The van der Waals surface area contributed by atoms with E-state index in [2.05, 4.69) is 4.98 Å². The third-order valence-electron chi connectivity index (χ3n) is 5.93. The minimum absolute atomic E-state index is 0.0512. The first-order chi connectivity index (χ1) is 13.6. The highest BCUT2D eigenvalue weighted by Crippen LogP contribution is 2.27. The van der Waals surface area contributed by atoms with Crippen LogP contribution in [0.25, 0.3) is 10.9 Å². The fraction of sp³-hybridized carbons (Fsp3) is 0.500. The number of hydrogen-bond acceptors (Lipinski definition) is 4. The van der Waals surface area contributed by atoms with Gasteiger partial charge in [-0.25, -0.2) is 0 Å². The SMILES string of the molecule is CC(=O)N1CCC(C(=O)N2CCC(Oc3cccc4cccnc34)CC2)CC1. The van der Waals surface area contributed by atoms with E-state index in [0.717, 1.165) is 55.4 Å². The predicted molar refractivity (Wildman–Crippen MR) is 107 cm³/mol. The van der Waals surface area contributed by atoms with Crippen LogP contribution in [0.3, 0.4) is 0 Å². The van der Waals surface area contributed by atoms with Crippen molar-refractivity contribution in [2.75, 3.05) is 26.2 Å². The monoisotopic (exact) mass is 381 g/mol. The Morgan fingerprint density at radius 3 is 2.36 bits per heavy atom. The third kappa shape index (κ3) is 3.96. The maximum Gasteiger partial charge on any atom is 0.225 e. The standard InChI is InChI=1S/C22H27N3O3/c1-16(26)24-12-7-18(8-13-24)22(27)25-14-9-19(10-15-25)28-20-6-2-4-17-5-3-11-23-21(17)20/h2-6,11,18-19H,7-10,12-15H2,1H3. The third-order valence-corrected chi connectivity index (χ3v) is 5.93. The summed E-state index contributed by atoms with van der Waals surface area (Å²) in [4.78, 5) is 32.6. The molecule has 2 aliphatic heterocycles. The van der Waals surface area contributed by atoms with Crippen LogP contribution in [0, 0.1) is 5.92 Å². The molecule has 2 saturated heterocycles. The summed E-state index contributed by atoms with van der Waals surface area (Å²) < 4.78 is 6.24. The van der Waals surface area contributed by atoms with E-state index in [1.165, 1.54) is 0 Å². The molecule has 2 aromatic rings. The van der Waals surface area contributed by atoms with Gasteiger partial charge in [-0.15, -0.1) is 0 Å². The van der Waals surface area contributed by atoms with Crippen molar-refractivity contribution in [1.82, 2.24) is 14.8 Å². The molecule has 0 bridgehead atoms. The Kier molecular flexibility index (Phi) is 5.46. The van der Waals surface area contributed by atoms with Gasteiger partial charge in [0.15, 0.2) is 0 Å². The largest absolute Gasteiger partial charge is 0.488 e. The Morgan fingerprint density at radius 1 is 0.964 bits per heavy atom. The second kappa shape index (κ2) is 8.17. The first-order valence-electron chi connectivity index (χ1n) is 10.2. The molecule has 148 valence electrons. The van der Waals surface area contributed by atoms with Crippen molar-refractivity contribution >= 4 is 22.7 Å². The lowest BCUT2D eigenvalue weighted by molar-refractivity contribution is -0.141. The average Bonchev–Trinajstić information content (AvgIpc) is 2.74. The molecule has 0 saturated carbocycles. The summed E-state index contributed by atoms with van der Waals surface area (Å²) in [5.74, 6) is 1.22. The number of nitrogens with zero attached hydrogens (tertiary/aromatic N) is 3. The normalized spacial score (nSPS) is 19.0. The zero-order chi connectivity index (χ0) is 19.5. The molecule has 6 heteroatoms. The van der Waals surface area contributed by atoms with Gasteiger partial charge in [0.05, 0.1) is 0 Å². The van der Waals surface area contributed by atoms with Crippen molar-refractivity contribution in [3.63, 3.8) is 0 Å². The smallest absolute Gasteiger partial charge is 0.225 e. The molecule has 28 heavy (non-hydrogen) atoms. The lowest BCUT2D eigenvalue weighted by Crippen LogP contribution is -2.47. The molecule has 0 N–H and O–H groups in total. The van der Waals surface area contributed by atoms with Gasteiger partial charge >= 0.3 is 0 Å². The van der Waals surface area contributed by atoms with Gasteiger partial charge in [0.1, 0.15) is 17.4 Å². The molecule has 2 amide bonds. The number of fused-ring (bicyclic) bond motifs is 1. The Bertz CT molecular complexity index is 848. The van der Waals surface area contributed by atoms with Crippen molar-refractivity contribution in [2.45, 2.75) is 38.7 Å². The van der Waals surface area contributed by atoms with Crippen LogP contribution in [-0.2, 0) is 9.59 Å². The topological polar surface area (TPSA) is 62.7 Å². The minimum atomic E-state index is 0.0512. The number of carbonyl (C=O) groups excluding carboxylic acids is 2. The van der Waals surface area contributed by atoms with Crippen molar-refractivity contribution in [3.8, 4) is 5.75 Å². The van der Waals surface area contributed by atoms with Crippen LogP contribution in [0.1, 0.15) is 32.6 Å². The van der Waals surface area contributed by atoms with Crippen LogP contribution >= 0.6 is 0 Å². The number of para-hydroxylation sites is 1. The van der Waals surface area contributed by atoms with Gasteiger partial charge in [-0.1, -0.05) is 18.2 Å². The Balaban J connectivity index is 1.31. The number of amides is 2. The summed E-state index contributed by atoms with van der Waals surface area (Å²) in [6.07, 6.45) is 5.11. The number of benzene rings is 1. The summed E-state index contributed by atoms with van der Waals surface area (Å²) in [5.41, 5.74) is 0.890. The fourth-order valence-corrected chi connectivity index (χ4v) is 4.24. The summed E-state index contributed by atoms with van der Waals surface area (Å²) in [5, 5.41) is 1.07. The first kappa shape index (κ1) is 18.7. The van der Waals surface area contributed by atoms with E-state index in [4.69, 9.17) is 4.74 Å². The molecule has 4 rings (SSSR count). The number of piperidine rings is 2. The van der Waals surface area contributed by atoms with Gasteiger partial charge in [0, 0.05) is 63.4 Å². The van der Waals surface area contributed by atoms with Crippen molar-refractivity contribution in [3.05, 3.63) is 36.5 Å². The minimum Gasteiger partial charge on any atom is -0.488 e. The van der Waals surface area contributed by atoms with Crippen LogP contribution in [-0.4, -0.2) is 58.9 Å². The van der Waals surface area contributed by atoms with Crippen molar-refractivity contribution < 1.29 is 14.3 Å². The van der Waals surface area contributed by atoms with E-state index in [1.807, 2.05) is 40.1 Å². The van der Waals surface area contributed by atoms with Crippen LogP contribution in [0.4, 0.5) is 0 Å². The molecule has 0 aliphatic carbocycles. The van der Waals surface area contributed by atoms with Gasteiger partial charge in [0.25, 0.3) is 0 Å². The van der Waals surface area contributed by atoms with Gasteiger partial charge in [-0.05, 0) is 25.0 Å². The Labute approximate surface area is 165 Å². The molecule has 0 radical (unpaired) electrons. The highest BCUT2D eigenvalue weighted by atomic mass is 16.5. The van der Waals surface area contributed by atoms with E-state index in [9.17, 15) is 9.59 Å². The lowest BCUT2D eigenvalue weighted by Gasteiger charge is -2.37. The number of likely N-dealkylation sites (tertiary alicyclic amines) is 2. The second-order valence-corrected chi connectivity index (χ2v) is 7.75. The van der Waals surface area contributed by atoms with E-state index >= 15 is 0 Å². The highest BCUT2D eigenvalue weighted by molar-refractivity contribution is 5.84. The number of pyridine rings is 1. The molecule has 0 atom stereocenters. The van der Waals surface area contributed by atoms with Crippen molar-refractivity contribution in [1.29, 1.82) is 0 Å². The fourth-order valence-electron chi connectivity index (χ4n) is 4.24. The zero-order valence-corrected chi connectivity index (χ0v) is 16.3. The molecular formula is C22H27N3O3. The maximum absolute atomic E-state index is 12.8. The molecule has 0 unspecified atom stereocenters. The Hall–Kier alpha value is -2.63. The molecule has 2 aliphatic rings. The number of carbonyl (C=O) groups is 2. The molecule has 0 spiro atoms. The van der Waals surface area contributed by atoms with Crippen LogP contribution in [0.5, 0.6) is 5.75 Å². The Morgan fingerprint density at radius 2 is 1.64 bits per heavy atom. The summed E-state index contributed by atoms with van der Waals surface area (Å²) in [6.45, 7) is 4.44. The summed E-state index contributed by atoms with van der Waals surface area (Å²) >= 11 is 0. The van der Waals surface area contributed by atoms with Gasteiger partial charge < -0.3 is 14.5 Å². The van der Waals surface area contributed by atoms with E-state index in [-0.39, 0.29) is 23.8 Å². The number of hydrogen-bond donors (Lipinski definition) is 0. The van der Waals surface area contributed by atoms with E-state index in [1.54, 1.807) is 13.1 Å².